The van der Waals surface area contributed by atoms with Gasteiger partial charge in [-0.2, -0.15) is 4.98 Å². The van der Waals surface area contributed by atoms with Crippen LogP contribution < -0.4 is 16.4 Å². The van der Waals surface area contributed by atoms with Crippen LogP contribution in [0.25, 0.3) is 10.9 Å². The van der Waals surface area contributed by atoms with Crippen molar-refractivity contribution < 1.29 is 4.79 Å². The number of primary amides is 1. The molecule has 29 heavy (non-hydrogen) atoms. The number of carbonyl (C=O) groups is 1. The molecule has 0 aliphatic heterocycles. The molecule has 1 heterocycles. The average molecular weight is 423 g/mol. The molecule has 7 nitrogen and oxygen atoms in total. The first-order chi connectivity index (χ1) is 13.6. The molecule has 0 aliphatic carbocycles. The zero-order valence-electron chi connectivity index (χ0n) is 17.6. The van der Waals surface area contributed by atoms with Crippen LogP contribution in [0.3, 0.4) is 0 Å². The molecule has 2 rings (SSSR count). The molecule has 4 N–H and O–H groups in total. The SMILES string of the molecule is CCN(CC)CCCNc1nc(NCCCCCC(N)=O)nc2ccccc12.Cl. The molecule has 0 saturated carbocycles. The van der Waals surface area contributed by atoms with E-state index in [1.54, 1.807) is 0 Å². The zero-order chi connectivity index (χ0) is 20.2. The van der Waals surface area contributed by atoms with Crippen molar-refractivity contribution in [1.82, 2.24) is 14.9 Å². The Morgan fingerprint density at radius 1 is 1.00 bits per heavy atom. The van der Waals surface area contributed by atoms with Gasteiger partial charge >= 0.3 is 0 Å². The summed E-state index contributed by atoms with van der Waals surface area (Å²) in [6, 6.07) is 8.07. The van der Waals surface area contributed by atoms with Crippen LogP contribution >= 0.6 is 12.4 Å². The summed E-state index contributed by atoms with van der Waals surface area (Å²) in [5.41, 5.74) is 6.10. The minimum atomic E-state index is -0.234. The minimum Gasteiger partial charge on any atom is -0.370 e. The van der Waals surface area contributed by atoms with Crippen molar-refractivity contribution in [3.8, 4) is 0 Å². The second-order valence-electron chi connectivity index (χ2n) is 6.92. The number of hydrogen-bond donors (Lipinski definition) is 3. The summed E-state index contributed by atoms with van der Waals surface area (Å²) in [5.74, 6) is 1.28. The lowest BCUT2D eigenvalue weighted by Crippen LogP contribution is -2.25. The first kappa shape index (κ1) is 24.9. The number of rotatable bonds is 14. The monoisotopic (exact) mass is 422 g/mol. The summed E-state index contributed by atoms with van der Waals surface area (Å²) in [6.45, 7) is 9.30. The second-order valence-corrected chi connectivity index (χ2v) is 6.92. The quantitative estimate of drug-likeness (QED) is 0.402. The lowest BCUT2D eigenvalue weighted by molar-refractivity contribution is -0.118. The zero-order valence-corrected chi connectivity index (χ0v) is 18.4. The van der Waals surface area contributed by atoms with Crippen LogP contribution in [-0.4, -0.2) is 53.5 Å². The number of unbranched alkanes of at least 4 members (excludes halogenated alkanes) is 2. The third-order valence-electron chi connectivity index (χ3n) is 4.82. The Balaban J connectivity index is 0.00000420. The van der Waals surface area contributed by atoms with Gasteiger partial charge in [0.05, 0.1) is 5.52 Å². The number of hydrogen-bond acceptors (Lipinski definition) is 6. The predicted molar refractivity (Wildman–Crippen MR) is 124 cm³/mol. The molecule has 0 aliphatic rings. The Hall–Kier alpha value is -2.12. The van der Waals surface area contributed by atoms with Crippen LogP contribution in [0.2, 0.25) is 0 Å². The maximum atomic E-state index is 10.8. The molecule has 1 amide bonds. The Labute approximate surface area is 180 Å². The fraction of sp³-hybridized carbons (Fsp3) is 0.571. The van der Waals surface area contributed by atoms with Gasteiger partial charge in [0.25, 0.3) is 0 Å². The number of aromatic nitrogens is 2. The van der Waals surface area contributed by atoms with Crippen molar-refractivity contribution in [3.63, 3.8) is 0 Å². The molecule has 0 fully saturated rings. The summed E-state index contributed by atoms with van der Waals surface area (Å²) in [7, 11) is 0. The molecular formula is C21H35ClN6O. The molecule has 0 radical (unpaired) electrons. The number of halogens is 1. The van der Waals surface area contributed by atoms with Gasteiger partial charge in [0, 0.05) is 24.9 Å². The standard InChI is InChI=1S/C21H34N6O.ClH/c1-3-27(4-2)16-10-15-23-20-17-11-7-8-12-18(17)25-21(26-20)24-14-9-5-6-13-19(22)28;/h7-8,11-12H,3-6,9-10,13-16H2,1-2H3,(H2,22,28)(H2,23,24,25,26);1H. The van der Waals surface area contributed by atoms with Gasteiger partial charge in [-0.15, -0.1) is 12.4 Å². The van der Waals surface area contributed by atoms with E-state index >= 15 is 0 Å². The van der Waals surface area contributed by atoms with E-state index in [1.807, 2.05) is 18.2 Å². The molecule has 1 aromatic heterocycles. The van der Waals surface area contributed by atoms with E-state index < -0.39 is 0 Å². The largest absolute Gasteiger partial charge is 0.370 e. The smallest absolute Gasteiger partial charge is 0.225 e. The number of nitrogens with two attached hydrogens (primary N) is 1. The van der Waals surface area contributed by atoms with Crippen molar-refractivity contribution in [3.05, 3.63) is 24.3 Å². The van der Waals surface area contributed by atoms with Crippen molar-refractivity contribution in [2.24, 2.45) is 5.73 Å². The van der Waals surface area contributed by atoms with Crippen molar-refractivity contribution in [2.75, 3.05) is 43.4 Å². The van der Waals surface area contributed by atoms with Crippen LogP contribution in [0.15, 0.2) is 24.3 Å². The predicted octanol–water partition coefficient (Wildman–Crippen LogP) is 3.65. The van der Waals surface area contributed by atoms with Crippen LogP contribution in [0, 0.1) is 0 Å². The molecule has 0 bridgehead atoms. The molecule has 162 valence electrons. The summed E-state index contributed by atoms with van der Waals surface area (Å²) in [5, 5.41) is 7.83. The van der Waals surface area contributed by atoms with E-state index in [9.17, 15) is 4.79 Å². The molecule has 0 saturated heterocycles. The first-order valence-electron chi connectivity index (χ1n) is 10.4. The second kappa shape index (κ2) is 14.0. The number of nitrogens with zero attached hydrogens (tertiary/aromatic N) is 3. The molecular weight excluding hydrogens is 388 g/mol. The topological polar surface area (TPSA) is 96.2 Å². The van der Waals surface area contributed by atoms with E-state index in [2.05, 4.69) is 45.4 Å². The summed E-state index contributed by atoms with van der Waals surface area (Å²) >= 11 is 0. The van der Waals surface area contributed by atoms with Gasteiger partial charge in [0.15, 0.2) is 0 Å². The number of anilines is 2. The van der Waals surface area contributed by atoms with Crippen molar-refractivity contribution in [2.45, 2.75) is 46.0 Å². The molecule has 0 spiro atoms. The van der Waals surface area contributed by atoms with Crippen molar-refractivity contribution in [1.29, 1.82) is 0 Å². The molecule has 1 aromatic carbocycles. The van der Waals surface area contributed by atoms with Crippen LogP contribution in [0.1, 0.15) is 46.0 Å². The Morgan fingerprint density at radius 2 is 1.72 bits per heavy atom. The highest BCUT2D eigenvalue weighted by Gasteiger charge is 2.07. The fourth-order valence-corrected chi connectivity index (χ4v) is 3.14. The van der Waals surface area contributed by atoms with Gasteiger partial charge in [0.2, 0.25) is 11.9 Å². The van der Waals surface area contributed by atoms with E-state index in [0.717, 1.165) is 75.1 Å². The maximum Gasteiger partial charge on any atom is 0.225 e. The van der Waals surface area contributed by atoms with Gasteiger partial charge < -0.3 is 21.3 Å². The van der Waals surface area contributed by atoms with E-state index in [0.29, 0.717) is 12.4 Å². The lowest BCUT2D eigenvalue weighted by atomic mass is 10.2. The highest BCUT2D eigenvalue weighted by Crippen LogP contribution is 2.21. The number of carbonyl (C=O) groups excluding carboxylic acids is 1. The molecule has 2 aromatic rings. The van der Waals surface area contributed by atoms with Gasteiger partial charge in [-0.3, -0.25) is 4.79 Å². The molecule has 0 unspecified atom stereocenters. The number of nitrogens with one attached hydrogen (secondary N) is 2. The highest BCUT2D eigenvalue weighted by molar-refractivity contribution is 5.90. The van der Waals surface area contributed by atoms with E-state index in [-0.39, 0.29) is 18.3 Å². The lowest BCUT2D eigenvalue weighted by Gasteiger charge is -2.18. The third kappa shape index (κ3) is 8.83. The number of para-hydroxylation sites is 1. The Morgan fingerprint density at radius 3 is 2.45 bits per heavy atom. The van der Waals surface area contributed by atoms with Crippen molar-refractivity contribution >= 4 is 41.0 Å². The molecule has 8 heteroatoms. The average Bonchev–Trinajstić information content (AvgIpc) is 2.70. The van der Waals surface area contributed by atoms with Crippen LogP contribution in [0.5, 0.6) is 0 Å². The Kier molecular flexibility index (Phi) is 12.0. The number of benzene rings is 1. The number of fused-ring (bicyclic) bond motifs is 1. The molecule has 0 atom stereocenters. The Bertz CT molecular complexity index is 738. The van der Waals surface area contributed by atoms with Gasteiger partial charge in [-0.25, -0.2) is 4.98 Å². The van der Waals surface area contributed by atoms with Gasteiger partial charge in [-0.05, 0) is 51.0 Å². The van der Waals surface area contributed by atoms with E-state index in [1.165, 1.54) is 0 Å². The minimum absolute atomic E-state index is 0. The highest BCUT2D eigenvalue weighted by atomic mass is 35.5. The maximum absolute atomic E-state index is 10.8. The van der Waals surface area contributed by atoms with Gasteiger partial charge in [-0.1, -0.05) is 32.4 Å². The van der Waals surface area contributed by atoms with Gasteiger partial charge in [0.1, 0.15) is 5.82 Å². The summed E-state index contributed by atoms with van der Waals surface area (Å²) in [4.78, 5) is 22.5. The summed E-state index contributed by atoms with van der Waals surface area (Å²) in [6.07, 6.45) is 4.27. The van der Waals surface area contributed by atoms with Crippen LogP contribution in [-0.2, 0) is 4.79 Å². The normalized spacial score (nSPS) is 10.7. The fourth-order valence-electron chi connectivity index (χ4n) is 3.14. The first-order valence-corrected chi connectivity index (χ1v) is 10.4. The third-order valence-corrected chi connectivity index (χ3v) is 4.82. The van der Waals surface area contributed by atoms with E-state index in [4.69, 9.17) is 5.73 Å². The van der Waals surface area contributed by atoms with Crippen LogP contribution in [0.4, 0.5) is 11.8 Å². The summed E-state index contributed by atoms with van der Waals surface area (Å²) < 4.78 is 0. The number of amides is 1.